The summed E-state index contributed by atoms with van der Waals surface area (Å²) >= 11 is 0. The number of hydrogen-bond acceptors (Lipinski definition) is 4. The van der Waals surface area contributed by atoms with Gasteiger partial charge in [0.05, 0.1) is 18.0 Å². The third-order valence-electron chi connectivity index (χ3n) is 9.37. The average Bonchev–Trinajstić information content (AvgIpc) is 3.51. The van der Waals surface area contributed by atoms with Crippen LogP contribution < -0.4 is 14.7 Å². The van der Waals surface area contributed by atoms with Gasteiger partial charge in [-0.15, -0.1) is 0 Å². The minimum absolute atomic E-state index is 0.240. The third-order valence-corrected chi connectivity index (χ3v) is 9.37. The minimum Gasteiger partial charge on any atom is -0.444 e. The fourth-order valence-corrected chi connectivity index (χ4v) is 7.40. The molecule has 3 atom stereocenters. The summed E-state index contributed by atoms with van der Waals surface area (Å²) in [5.74, 6) is 0.240. The number of benzene rings is 1. The van der Waals surface area contributed by atoms with Crippen molar-refractivity contribution >= 4 is 23.4 Å². The predicted molar refractivity (Wildman–Crippen MR) is 144 cm³/mol. The zero-order chi connectivity index (χ0) is 25.6. The van der Waals surface area contributed by atoms with Crippen LogP contribution in [0.4, 0.5) is 16.2 Å². The van der Waals surface area contributed by atoms with Crippen molar-refractivity contribution in [1.82, 2.24) is 14.7 Å². The topological polar surface area (TPSA) is 61.9 Å². The maximum atomic E-state index is 13.9. The molecule has 4 saturated heterocycles. The predicted octanol–water partition coefficient (Wildman–Crippen LogP) is 4.68. The van der Waals surface area contributed by atoms with Gasteiger partial charge in [-0.25, -0.2) is 4.79 Å². The van der Waals surface area contributed by atoms with Gasteiger partial charge in [-0.2, -0.15) is 0 Å². The molecular formula is C29H45N4O3+. The minimum atomic E-state index is -0.502. The summed E-state index contributed by atoms with van der Waals surface area (Å²) < 4.78 is 6.65. The monoisotopic (exact) mass is 497 g/mol. The number of rotatable bonds is 3. The van der Waals surface area contributed by atoms with Crippen LogP contribution in [0.5, 0.6) is 0 Å². The normalized spacial score (nSPS) is 30.7. The Morgan fingerprint density at radius 2 is 1.78 bits per heavy atom. The van der Waals surface area contributed by atoms with Crippen molar-refractivity contribution in [2.24, 2.45) is 5.41 Å². The number of nitrogens with zero attached hydrogens (tertiary/aromatic N) is 3. The highest BCUT2D eigenvalue weighted by atomic mass is 16.6. The Balaban J connectivity index is 1.30. The van der Waals surface area contributed by atoms with Crippen LogP contribution in [-0.4, -0.2) is 73.9 Å². The molecule has 1 aromatic rings. The zero-order valence-corrected chi connectivity index (χ0v) is 22.7. The Hall–Kier alpha value is -2.12. The SMILES string of the molecule is C[C@H]1CCC[N+]1(c1ccc(N2CCCC3(CCN(C(=O)OC(C)(C)C)CC3)C2=O)cc1)[C@H]1CCNC1. The number of amides is 2. The molecule has 1 aromatic carbocycles. The molecule has 2 amide bonds. The molecule has 4 heterocycles. The van der Waals surface area contributed by atoms with Crippen LogP contribution in [0.25, 0.3) is 0 Å². The van der Waals surface area contributed by atoms with Gasteiger partial charge in [-0.05, 0) is 65.5 Å². The van der Waals surface area contributed by atoms with Crippen molar-refractivity contribution in [3.8, 4) is 0 Å². The summed E-state index contributed by atoms with van der Waals surface area (Å²) in [6.07, 6.45) is 6.88. The molecular weight excluding hydrogens is 452 g/mol. The zero-order valence-electron chi connectivity index (χ0n) is 22.7. The summed E-state index contributed by atoms with van der Waals surface area (Å²) in [7, 11) is 0. The van der Waals surface area contributed by atoms with Crippen LogP contribution in [-0.2, 0) is 9.53 Å². The standard InChI is InChI=1S/C29H45N4O3/c1-22-7-5-20-33(22,25-12-16-30-21-25)24-10-8-23(9-11-24)32-17-6-13-29(26(32)34)14-18-31(19-15-29)27(35)36-28(2,3)4/h8-11,22,25,30H,5-7,12-21H2,1-4H3/q+1/t22-,25-,33?/m0/s1. The Labute approximate surface area is 216 Å². The lowest BCUT2D eigenvalue weighted by Crippen LogP contribution is -2.59. The van der Waals surface area contributed by atoms with E-state index in [4.69, 9.17) is 4.74 Å². The van der Waals surface area contributed by atoms with Crippen molar-refractivity contribution < 1.29 is 14.3 Å². The van der Waals surface area contributed by atoms with Gasteiger partial charge in [0.25, 0.3) is 0 Å². The van der Waals surface area contributed by atoms with Gasteiger partial charge >= 0.3 is 6.09 Å². The highest BCUT2D eigenvalue weighted by Gasteiger charge is 2.49. The van der Waals surface area contributed by atoms with Crippen molar-refractivity contribution in [3.05, 3.63) is 24.3 Å². The van der Waals surface area contributed by atoms with Gasteiger partial charge in [0.15, 0.2) is 0 Å². The molecule has 4 aliphatic heterocycles. The molecule has 1 N–H and O–H groups in total. The summed E-state index contributed by atoms with van der Waals surface area (Å²) in [6.45, 7) is 13.5. The Morgan fingerprint density at radius 1 is 1.06 bits per heavy atom. The maximum Gasteiger partial charge on any atom is 0.410 e. The third kappa shape index (κ3) is 4.53. The first-order valence-corrected chi connectivity index (χ1v) is 14.1. The van der Waals surface area contributed by atoms with E-state index in [1.807, 2.05) is 25.7 Å². The summed E-state index contributed by atoms with van der Waals surface area (Å²) in [5.41, 5.74) is 1.56. The fraction of sp³-hybridized carbons (Fsp3) is 0.724. The molecule has 198 valence electrons. The van der Waals surface area contributed by atoms with Gasteiger partial charge in [0, 0.05) is 69.8 Å². The molecule has 1 spiro atoms. The summed E-state index contributed by atoms with van der Waals surface area (Å²) in [4.78, 5) is 30.2. The largest absolute Gasteiger partial charge is 0.444 e. The van der Waals surface area contributed by atoms with E-state index in [2.05, 4.69) is 36.5 Å². The van der Waals surface area contributed by atoms with E-state index in [0.717, 1.165) is 42.6 Å². The van der Waals surface area contributed by atoms with Crippen molar-refractivity contribution in [3.63, 3.8) is 0 Å². The molecule has 36 heavy (non-hydrogen) atoms. The number of carbonyl (C=O) groups excluding carboxylic acids is 2. The lowest BCUT2D eigenvalue weighted by molar-refractivity contribution is -0.133. The van der Waals surface area contributed by atoms with Gasteiger partial charge in [-0.3, -0.25) is 9.28 Å². The highest BCUT2D eigenvalue weighted by molar-refractivity contribution is 5.98. The number of hydrogen-bond donors (Lipinski definition) is 1. The average molecular weight is 498 g/mol. The van der Waals surface area contributed by atoms with E-state index >= 15 is 0 Å². The molecule has 4 fully saturated rings. The number of carbonyl (C=O) groups is 2. The van der Waals surface area contributed by atoms with Crippen molar-refractivity contribution in [2.45, 2.75) is 90.3 Å². The van der Waals surface area contributed by atoms with Crippen LogP contribution in [0.15, 0.2) is 24.3 Å². The molecule has 0 aliphatic carbocycles. The quantitative estimate of drug-likeness (QED) is 0.616. The lowest BCUT2D eigenvalue weighted by Gasteiger charge is -2.46. The van der Waals surface area contributed by atoms with E-state index in [9.17, 15) is 9.59 Å². The second-order valence-electron chi connectivity index (χ2n) is 12.6. The van der Waals surface area contributed by atoms with Crippen LogP contribution in [0.1, 0.15) is 72.6 Å². The number of quaternary nitrogens is 1. The second kappa shape index (κ2) is 9.64. The fourth-order valence-electron chi connectivity index (χ4n) is 7.40. The van der Waals surface area contributed by atoms with Gasteiger partial charge < -0.3 is 19.9 Å². The number of ether oxygens (including phenoxy) is 1. The van der Waals surface area contributed by atoms with Crippen LogP contribution in [0, 0.1) is 5.41 Å². The number of anilines is 1. The summed E-state index contributed by atoms with van der Waals surface area (Å²) in [5, 5.41) is 3.59. The van der Waals surface area contributed by atoms with Crippen LogP contribution in [0.3, 0.4) is 0 Å². The van der Waals surface area contributed by atoms with Crippen LogP contribution in [0.2, 0.25) is 0 Å². The Kier molecular flexibility index (Phi) is 6.83. The van der Waals surface area contributed by atoms with Crippen molar-refractivity contribution in [1.29, 1.82) is 0 Å². The maximum absolute atomic E-state index is 13.9. The number of piperidine rings is 2. The van der Waals surface area contributed by atoms with Crippen LogP contribution >= 0.6 is 0 Å². The second-order valence-corrected chi connectivity index (χ2v) is 12.6. The van der Waals surface area contributed by atoms with Gasteiger partial charge in [0.1, 0.15) is 17.3 Å². The number of nitrogens with one attached hydrogen (secondary N) is 1. The van der Waals surface area contributed by atoms with E-state index in [-0.39, 0.29) is 17.4 Å². The van der Waals surface area contributed by atoms with Crippen molar-refractivity contribution in [2.75, 3.05) is 44.2 Å². The molecule has 0 bridgehead atoms. The van der Waals surface area contributed by atoms with E-state index in [0.29, 0.717) is 38.0 Å². The first-order valence-electron chi connectivity index (χ1n) is 14.1. The van der Waals surface area contributed by atoms with E-state index < -0.39 is 5.60 Å². The molecule has 0 saturated carbocycles. The molecule has 1 unspecified atom stereocenters. The molecule has 7 nitrogen and oxygen atoms in total. The number of likely N-dealkylation sites (tertiary alicyclic amines) is 2. The van der Waals surface area contributed by atoms with E-state index in [1.165, 1.54) is 31.5 Å². The molecule has 4 aliphatic rings. The molecule has 0 radical (unpaired) electrons. The molecule has 5 rings (SSSR count). The Morgan fingerprint density at radius 3 is 2.36 bits per heavy atom. The smallest absolute Gasteiger partial charge is 0.410 e. The van der Waals surface area contributed by atoms with E-state index in [1.54, 1.807) is 4.90 Å². The van der Waals surface area contributed by atoms with Gasteiger partial charge in [0.2, 0.25) is 5.91 Å². The Bertz CT molecular complexity index is 958. The first kappa shape index (κ1) is 25.5. The molecule has 0 aromatic heterocycles. The van der Waals surface area contributed by atoms with Gasteiger partial charge in [-0.1, -0.05) is 0 Å². The lowest BCUT2D eigenvalue weighted by atomic mass is 9.71. The first-order chi connectivity index (χ1) is 17.1. The summed E-state index contributed by atoms with van der Waals surface area (Å²) in [6, 6.07) is 10.3. The highest BCUT2D eigenvalue weighted by Crippen LogP contribution is 2.44. The molecule has 7 heteroatoms.